The molecule has 0 aliphatic heterocycles. The SMILES string of the molecule is c1ccc(-c2nc(-c3ccc(-c4ccc(-c5ccccc5)c5ccccc45)cc3)nc(-c3ccc4oc5ccccc5c4c3)n2)cc1. The summed E-state index contributed by atoms with van der Waals surface area (Å²) in [5, 5.41) is 4.56. The highest BCUT2D eigenvalue weighted by atomic mass is 16.3. The number of hydrogen-bond donors (Lipinski definition) is 0. The molecule has 0 aliphatic carbocycles. The molecule has 0 aliphatic rings. The molecule has 0 amide bonds. The molecule has 0 N–H and O–H groups in total. The van der Waals surface area contributed by atoms with Crippen molar-refractivity contribution in [1.29, 1.82) is 0 Å². The molecule has 0 unspecified atom stereocenters. The van der Waals surface area contributed by atoms with Crippen molar-refractivity contribution in [3.63, 3.8) is 0 Å². The maximum atomic E-state index is 6.08. The third-order valence-corrected chi connectivity index (χ3v) is 8.77. The molecule has 220 valence electrons. The molecule has 0 bridgehead atoms. The highest BCUT2D eigenvalue weighted by molar-refractivity contribution is 6.06. The van der Waals surface area contributed by atoms with Crippen molar-refractivity contribution in [2.24, 2.45) is 0 Å². The Labute approximate surface area is 271 Å². The molecule has 4 nitrogen and oxygen atoms in total. The van der Waals surface area contributed by atoms with E-state index in [0.717, 1.165) is 44.2 Å². The Hall–Kier alpha value is -6.39. The number of nitrogens with zero attached hydrogens (tertiary/aromatic N) is 3. The fourth-order valence-corrected chi connectivity index (χ4v) is 6.43. The predicted octanol–water partition coefficient (Wildman–Crippen LogP) is 11.3. The quantitative estimate of drug-likeness (QED) is 0.197. The molecule has 4 heteroatoms. The first-order valence-corrected chi connectivity index (χ1v) is 15.7. The van der Waals surface area contributed by atoms with Crippen LogP contribution in [0.1, 0.15) is 0 Å². The molecule has 47 heavy (non-hydrogen) atoms. The summed E-state index contributed by atoms with van der Waals surface area (Å²) in [5.74, 6) is 1.88. The molecule has 9 aromatic rings. The van der Waals surface area contributed by atoms with Gasteiger partial charge in [0.25, 0.3) is 0 Å². The van der Waals surface area contributed by atoms with Crippen LogP contribution in [0, 0.1) is 0 Å². The van der Waals surface area contributed by atoms with Crippen LogP contribution in [-0.4, -0.2) is 15.0 Å². The molecule has 0 saturated heterocycles. The Morgan fingerprint density at radius 2 is 0.723 bits per heavy atom. The summed E-state index contributed by atoms with van der Waals surface area (Å²) < 4.78 is 6.08. The van der Waals surface area contributed by atoms with E-state index in [-0.39, 0.29) is 0 Å². The van der Waals surface area contributed by atoms with Crippen molar-refractivity contribution in [2.75, 3.05) is 0 Å². The first kappa shape index (κ1) is 27.0. The van der Waals surface area contributed by atoms with E-state index in [2.05, 4.69) is 103 Å². The van der Waals surface area contributed by atoms with Crippen molar-refractivity contribution in [2.45, 2.75) is 0 Å². The number of aromatic nitrogens is 3. The van der Waals surface area contributed by atoms with Gasteiger partial charge in [-0.3, -0.25) is 0 Å². The van der Waals surface area contributed by atoms with Crippen LogP contribution in [0.25, 0.3) is 89.1 Å². The van der Waals surface area contributed by atoms with Crippen molar-refractivity contribution in [1.82, 2.24) is 15.0 Å². The number of hydrogen-bond acceptors (Lipinski definition) is 4. The number of furan rings is 1. The zero-order valence-corrected chi connectivity index (χ0v) is 25.3. The lowest BCUT2D eigenvalue weighted by Gasteiger charge is -2.13. The summed E-state index contributed by atoms with van der Waals surface area (Å²) in [7, 11) is 0. The third-order valence-electron chi connectivity index (χ3n) is 8.77. The largest absolute Gasteiger partial charge is 0.456 e. The smallest absolute Gasteiger partial charge is 0.164 e. The van der Waals surface area contributed by atoms with Gasteiger partial charge in [-0.05, 0) is 57.3 Å². The molecule has 2 aromatic heterocycles. The van der Waals surface area contributed by atoms with E-state index in [9.17, 15) is 0 Å². The molecular weight excluding hydrogens is 574 g/mol. The minimum Gasteiger partial charge on any atom is -0.456 e. The lowest BCUT2D eigenvalue weighted by molar-refractivity contribution is 0.669. The summed E-state index contributed by atoms with van der Waals surface area (Å²) in [6.45, 7) is 0. The minimum atomic E-state index is 0.618. The zero-order valence-electron chi connectivity index (χ0n) is 25.3. The number of benzene rings is 7. The van der Waals surface area contributed by atoms with E-state index in [1.807, 2.05) is 60.7 Å². The molecular formula is C43H27N3O. The van der Waals surface area contributed by atoms with Gasteiger partial charge in [0.1, 0.15) is 11.2 Å². The average molecular weight is 602 g/mol. The van der Waals surface area contributed by atoms with Crippen molar-refractivity contribution >= 4 is 32.7 Å². The Kier molecular flexibility index (Phi) is 6.43. The minimum absolute atomic E-state index is 0.618. The van der Waals surface area contributed by atoms with Gasteiger partial charge >= 0.3 is 0 Å². The van der Waals surface area contributed by atoms with Gasteiger partial charge in [0.2, 0.25) is 0 Å². The van der Waals surface area contributed by atoms with Gasteiger partial charge in [-0.25, -0.2) is 15.0 Å². The molecule has 7 aromatic carbocycles. The fourth-order valence-electron chi connectivity index (χ4n) is 6.43. The van der Waals surface area contributed by atoms with Crippen LogP contribution >= 0.6 is 0 Å². The molecule has 9 rings (SSSR count). The first-order chi connectivity index (χ1) is 23.3. The number of para-hydroxylation sites is 1. The number of fused-ring (bicyclic) bond motifs is 4. The van der Waals surface area contributed by atoms with E-state index in [1.165, 1.54) is 27.5 Å². The maximum Gasteiger partial charge on any atom is 0.164 e. The van der Waals surface area contributed by atoms with Gasteiger partial charge < -0.3 is 4.42 Å². The van der Waals surface area contributed by atoms with Gasteiger partial charge in [-0.15, -0.1) is 0 Å². The van der Waals surface area contributed by atoms with Crippen LogP contribution in [0.2, 0.25) is 0 Å². The predicted molar refractivity (Wildman–Crippen MR) is 192 cm³/mol. The molecule has 0 atom stereocenters. The van der Waals surface area contributed by atoms with E-state index >= 15 is 0 Å². The topological polar surface area (TPSA) is 51.8 Å². The molecule has 0 fully saturated rings. The van der Waals surface area contributed by atoms with Gasteiger partial charge in [0, 0.05) is 27.5 Å². The Morgan fingerprint density at radius 3 is 1.36 bits per heavy atom. The van der Waals surface area contributed by atoms with Crippen molar-refractivity contribution in [3.05, 3.63) is 164 Å². The van der Waals surface area contributed by atoms with E-state index in [4.69, 9.17) is 19.4 Å². The standard InChI is InChI=1S/C43H27N3O/c1-3-11-28(12-4-1)33-24-25-34(36-16-8-7-15-35(33)36)29-19-21-31(22-20-29)42-44-41(30-13-5-2-6-14-30)45-43(46-42)32-23-26-40-38(27-32)37-17-9-10-18-39(37)47-40/h1-27H. The average Bonchev–Trinajstić information content (AvgIpc) is 3.53. The van der Waals surface area contributed by atoms with Crippen LogP contribution in [-0.2, 0) is 0 Å². The van der Waals surface area contributed by atoms with Crippen molar-refractivity contribution < 1.29 is 4.42 Å². The van der Waals surface area contributed by atoms with E-state index in [0.29, 0.717) is 17.5 Å². The van der Waals surface area contributed by atoms with E-state index < -0.39 is 0 Å². The van der Waals surface area contributed by atoms with Crippen LogP contribution in [0.3, 0.4) is 0 Å². The highest BCUT2D eigenvalue weighted by Crippen LogP contribution is 2.37. The summed E-state index contributed by atoms with van der Waals surface area (Å²) in [5.41, 5.74) is 9.25. The van der Waals surface area contributed by atoms with E-state index in [1.54, 1.807) is 0 Å². The molecule has 0 spiro atoms. The normalized spacial score (nSPS) is 11.4. The lowest BCUT2D eigenvalue weighted by atomic mass is 9.92. The fraction of sp³-hybridized carbons (Fsp3) is 0. The van der Waals surface area contributed by atoms with Crippen molar-refractivity contribution in [3.8, 4) is 56.4 Å². The van der Waals surface area contributed by atoms with Gasteiger partial charge in [0.15, 0.2) is 17.5 Å². The Bertz CT molecular complexity index is 2550. The van der Waals surface area contributed by atoms with Gasteiger partial charge in [-0.2, -0.15) is 0 Å². The highest BCUT2D eigenvalue weighted by Gasteiger charge is 2.15. The molecule has 2 heterocycles. The third kappa shape index (κ3) is 4.84. The first-order valence-electron chi connectivity index (χ1n) is 15.7. The zero-order chi connectivity index (χ0) is 31.2. The summed E-state index contributed by atoms with van der Waals surface area (Å²) in [6, 6.07) is 56.5. The summed E-state index contributed by atoms with van der Waals surface area (Å²) in [4.78, 5) is 14.9. The Balaban J connectivity index is 1.15. The monoisotopic (exact) mass is 601 g/mol. The second-order valence-corrected chi connectivity index (χ2v) is 11.6. The molecule has 0 radical (unpaired) electrons. The maximum absolute atomic E-state index is 6.08. The second kappa shape index (κ2) is 11.2. The number of rotatable bonds is 5. The second-order valence-electron chi connectivity index (χ2n) is 11.6. The van der Waals surface area contributed by atoms with Crippen LogP contribution < -0.4 is 0 Å². The van der Waals surface area contributed by atoms with Crippen LogP contribution in [0.5, 0.6) is 0 Å². The summed E-state index contributed by atoms with van der Waals surface area (Å²) in [6.07, 6.45) is 0. The molecule has 0 saturated carbocycles. The lowest BCUT2D eigenvalue weighted by Crippen LogP contribution is -2.00. The van der Waals surface area contributed by atoms with Crippen LogP contribution in [0.15, 0.2) is 168 Å². The summed E-state index contributed by atoms with van der Waals surface area (Å²) >= 11 is 0. The Morgan fingerprint density at radius 1 is 0.298 bits per heavy atom. The van der Waals surface area contributed by atoms with Gasteiger partial charge in [0.05, 0.1) is 0 Å². The van der Waals surface area contributed by atoms with Crippen LogP contribution in [0.4, 0.5) is 0 Å². The van der Waals surface area contributed by atoms with Gasteiger partial charge in [-0.1, -0.05) is 140 Å².